The SMILES string of the molecule is Cc1ccc2c(c1)C(c1ccccc1)(c1ccccc1)c1cc(N(c3ccc(-c4ccc(N(c5ccc6c(c5)sc5ccccc56)c5cccc6c5-c5ccccc5C65c6ccccc6-c6ccccc65)cc4)c(C)c3)c3ccc4c(c3)C(c3ccccc3)(c3ccccc3)c3cc(C)ccc3-4)ccc1-2. The van der Waals surface area contributed by atoms with Crippen molar-refractivity contribution in [1.29, 1.82) is 0 Å². The maximum atomic E-state index is 2.54. The fourth-order valence-corrected chi connectivity index (χ4v) is 20.5. The lowest BCUT2D eigenvalue weighted by atomic mass is 9.67. The van der Waals surface area contributed by atoms with E-state index < -0.39 is 16.2 Å². The average Bonchev–Trinajstić information content (AvgIpc) is 1.51. The Balaban J connectivity index is 0.745. The lowest BCUT2D eigenvalue weighted by molar-refractivity contribution is 0.766. The van der Waals surface area contributed by atoms with E-state index in [1.54, 1.807) is 0 Å². The lowest BCUT2D eigenvalue weighted by Crippen LogP contribution is -2.29. The van der Waals surface area contributed by atoms with Crippen LogP contribution < -0.4 is 9.80 Å². The highest BCUT2D eigenvalue weighted by molar-refractivity contribution is 7.25. The molecular weight excluding hydrogens is 1290 g/mol. The maximum absolute atomic E-state index is 2.54. The summed E-state index contributed by atoms with van der Waals surface area (Å²) in [5.74, 6) is 0. The molecule has 1 spiro atoms. The molecule has 0 aliphatic heterocycles. The molecular formula is C102H70N2S. The van der Waals surface area contributed by atoms with Crippen LogP contribution in [0.1, 0.15) is 83.5 Å². The van der Waals surface area contributed by atoms with Crippen molar-refractivity contribution in [3.8, 4) is 55.6 Å². The normalized spacial score (nSPS) is 13.9. The standard InChI is InChI=1S/C102H70N2S/c1-65-43-53-81-83-56-50-75(62-94(83)100(92(81)59-65,69-25-8-4-9-26-69)70-27-10-5-11-28-70)103(76-51-57-84-82-54-44-66(2)60-93(82)101(95(84)63-76,71-29-12-6-13-30-71)72-31-14-7-15-32-72)74-49-55-78(67(3)61-74)68-45-47-73(48-46-68)104(77-52-58-86-85-35-19-23-42-97(85)105-98(86)64-77)96-41-24-40-91-99(96)87-36-18-22-39-90(87)102(91)88-37-20-16-33-79(88)80-34-17-21-38-89(80)102/h4-64H,1-3H3. The van der Waals surface area contributed by atoms with Crippen molar-refractivity contribution < 1.29 is 0 Å². The van der Waals surface area contributed by atoms with Gasteiger partial charge in [-0.2, -0.15) is 0 Å². The second-order valence-corrected chi connectivity index (χ2v) is 30.2. The van der Waals surface area contributed by atoms with Crippen LogP contribution in [0.3, 0.4) is 0 Å². The molecule has 0 N–H and O–H groups in total. The van der Waals surface area contributed by atoms with Gasteiger partial charge in [-0.25, -0.2) is 0 Å². The lowest BCUT2D eigenvalue weighted by Gasteiger charge is -2.36. The first-order valence-electron chi connectivity index (χ1n) is 36.7. The molecule has 0 radical (unpaired) electrons. The van der Waals surface area contributed by atoms with Gasteiger partial charge >= 0.3 is 0 Å². The molecule has 0 saturated heterocycles. The number of thiophene rings is 1. The van der Waals surface area contributed by atoms with Gasteiger partial charge in [-0.15, -0.1) is 11.3 Å². The van der Waals surface area contributed by atoms with E-state index in [1.807, 2.05) is 11.3 Å². The zero-order valence-electron chi connectivity index (χ0n) is 58.5. The maximum Gasteiger partial charge on any atom is 0.0726 e. The molecule has 2 nitrogen and oxygen atoms in total. The van der Waals surface area contributed by atoms with Gasteiger partial charge in [0.2, 0.25) is 0 Å². The number of anilines is 6. The second-order valence-electron chi connectivity index (χ2n) is 29.1. The Morgan fingerprint density at radius 2 is 0.610 bits per heavy atom. The van der Waals surface area contributed by atoms with Gasteiger partial charge in [0, 0.05) is 54.2 Å². The number of rotatable bonds is 11. The predicted molar refractivity (Wildman–Crippen MR) is 439 cm³/mol. The first-order chi connectivity index (χ1) is 51.8. The van der Waals surface area contributed by atoms with Gasteiger partial charge in [0.25, 0.3) is 0 Å². The third-order valence-electron chi connectivity index (χ3n) is 23.7. The molecule has 16 aromatic carbocycles. The molecule has 1 heterocycles. The molecule has 21 rings (SSSR count). The number of fused-ring (bicyclic) bond motifs is 19. The van der Waals surface area contributed by atoms with Crippen molar-refractivity contribution in [2.75, 3.05) is 9.80 Å². The van der Waals surface area contributed by atoms with Crippen LogP contribution in [0.15, 0.2) is 370 Å². The zero-order chi connectivity index (χ0) is 69.7. The summed E-state index contributed by atoms with van der Waals surface area (Å²) in [5.41, 5.74) is 36.5. The molecule has 0 amide bonds. The van der Waals surface area contributed by atoms with Crippen molar-refractivity contribution in [3.63, 3.8) is 0 Å². The van der Waals surface area contributed by atoms with Crippen LogP contribution in [0.5, 0.6) is 0 Å². The van der Waals surface area contributed by atoms with Gasteiger partial charge in [0.05, 0.1) is 21.9 Å². The minimum Gasteiger partial charge on any atom is -0.310 e. The van der Waals surface area contributed by atoms with E-state index in [0.717, 1.165) is 39.7 Å². The van der Waals surface area contributed by atoms with Gasteiger partial charge in [-0.05, 0) is 216 Å². The summed E-state index contributed by atoms with van der Waals surface area (Å²) < 4.78 is 2.56. The minimum absolute atomic E-state index is 0.486. The molecule has 17 aromatic rings. The molecule has 105 heavy (non-hydrogen) atoms. The first-order valence-corrected chi connectivity index (χ1v) is 37.5. The van der Waals surface area contributed by atoms with E-state index in [0.29, 0.717) is 0 Å². The number of hydrogen-bond donors (Lipinski definition) is 0. The highest BCUT2D eigenvalue weighted by atomic mass is 32.1. The second kappa shape index (κ2) is 23.4. The zero-order valence-corrected chi connectivity index (χ0v) is 59.3. The third-order valence-corrected chi connectivity index (χ3v) is 24.8. The molecule has 4 aliphatic carbocycles. The van der Waals surface area contributed by atoms with Crippen LogP contribution in [0.25, 0.3) is 75.8 Å². The highest BCUT2D eigenvalue weighted by Crippen LogP contribution is 2.66. The molecule has 0 fully saturated rings. The Morgan fingerprint density at radius 3 is 1.13 bits per heavy atom. The Labute approximate surface area is 617 Å². The molecule has 0 saturated carbocycles. The fraction of sp³-hybridized carbons (Fsp3) is 0.0588. The van der Waals surface area contributed by atoms with Crippen LogP contribution in [-0.4, -0.2) is 0 Å². The summed E-state index contributed by atoms with van der Waals surface area (Å²) >= 11 is 1.87. The van der Waals surface area contributed by atoms with Crippen molar-refractivity contribution in [3.05, 3.63) is 454 Å². The molecule has 494 valence electrons. The summed E-state index contributed by atoms with van der Waals surface area (Å²) in [6.07, 6.45) is 0. The van der Waals surface area contributed by atoms with E-state index in [-0.39, 0.29) is 0 Å². The topological polar surface area (TPSA) is 6.48 Å². The van der Waals surface area contributed by atoms with Crippen LogP contribution in [0.4, 0.5) is 34.1 Å². The highest BCUT2D eigenvalue weighted by Gasteiger charge is 2.53. The van der Waals surface area contributed by atoms with Crippen molar-refractivity contribution in [1.82, 2.24) is 0 Å². The van der Waals surface area contributed by atoms with E-state index in [1.165, 1.54) is 154 Å². The molecule has 0 bridgehead atoms. The molecule has 4 aliphatic rings. The Kier molecular flexibility index (Phi) is 13.6. The van der Waals surface area contributed by atoms with Crippen LogP contribution in [0.2, 0.25) is 0 Å². The Bertz CT molecular complexity index is 6070. The van der Waals surface area contributed by atoms with E-state index in [9.17, 15) is 0 Å². The number of benzene rings is 16. The Hall–Kier alpha value is -12.7. The number of nitrogens with zero attached hydrogens (tertiary/aromatic N) is 2. The summed E-state index contributed by atoms with van der Waals surface area (Å²) in [6, 6.07) is 141. The molecule has 1 aromatic heterocycles. The fourth-order valence-electron chi connectivity index (χ4n) is 19.4. The predicted octanol–water partition coefficient (Wildman–Crippen LogP) is 26.7. The molecule has 0 unspecified atom stereocenters. The van der Waals surface area contributed by atoms with Crippen molar-refractivity contribution in [2.24, 2.45) is 0 Å². The quantitative estimate of drug-likeness (QED) is 0.127. The number of hydrogen-bond acceptors (Lipinski definition) is 3. The van der Waals surface area contributed by atoms with E-state index >= 15 is 0 Å². The smallest absolute Gasteiger partial charge is 0.0726 e. The minimum atomic E-state index is -0.609. The van der Waals surface area contributed by atoms with E-state index in [2.05, 4.69) is 401 Å². The monoisotopic (exact) mass is 1350 g/mol. The van der Waals surface area contributed by atoms with Crippen LogP contribution in [0, 0.1) is 20.8 Å². The Morgan fingerprint density at radius 1 is 0.229 bits per heavy atom. The first kappa shape index (κ1) is 61.0. The molecule has 3 heteroatoms. The largest absolute Gasteiger partial charge is 0.310 e. The van der Waals surface area contributed by atoms with Crippen LogP contribution in [-0.2, 0) is 16.2 Å². The van der Waals surface area contributed by atoms with Gasteiger partial charge in [0.15, 0.2) is 0 Å². The van der Waals surface area contributed by atoms with Crippen LogP contribution >= 0.6 is 11.3 Å². The third kappa shape index (κ3) is 8.71. The van der Waals surface area contributed by atoms with Gasteiger partial charge in [-0.3, -0.25) is 0 Å². The average molecular weight is 1360 g/mol. The van der Waals surface area contributed by atoms with Crippen molar-refractivity contribution in [2.45, 2.75) is 37.0 Å². The van der Waals surface area contributed by atoms with Gasteiger partial charge in [-0.1, -0.05) is 308 Å². The summed E-state index contributed by atoms with van der Waals surface area (Å²) in [7, 11) is 0. The van der Waals surface area contributed by atoms with Gasteiger partial charge < -0.3 is 9.80 Å². The van der Waals surface area contributed by atoms with E-state index in [4.69, 9.17) is 0 Å². The summed E-state index contributed by atoms with van der Waals surface area (Å²) in [4.78, 5) is 5.07. The van der Waals surface area contributed by atoms with Gasteiger partial charge in [0.1, 0.15) is 0 Å². The number of aryl methyl sites for hydroxylation is 3. The van der Waals surface area contributed by atoms with Crippen molar-refractivity contribution >= 4 is 65.6 Å². The summed E-state index contributed by atoms with van der Waals surface area (Å²) in [6.45, 7) is 6.76. The summed E-state index contributed by atoms with van der Waals surface area (Å²) in [5, 5.41) is 2.57. The molecule has 0 atom stereocenters.